The number of alkyl carbamates (subject to hydrolysis) is 1. The quantitative estimate of drug-likeness (QED) is 0.529. The highest BCUT2D eigenvalue weighted by molar-refractivity contribution is 7.15. The molecule has 0 aliphatic carbocycles. The Morgan fingerprint density at radius 2 is 1.68 bits per heavy atom. The number of carbonyl (C=O) groups excluding carboxylic acids is 3. The van der Waals surface area contributed by atoms with Crippen molar-refractivity contribution in [2.45, 2.75) is 39.0 Å². The molecule has 0 bridgehead atoms. The van der Waals surface area contributed by atoms with Gasteiger partial charge in [0, 0.05) is 6.54 Å². The van der Waals surface area contributed by atoms with Crippen molar-refractivity contribution in [1.82, 2.24) is 10.6 Å². The van der Waals surface area contributed by atoms with E-state index >= 15 is 0 Å². The van der Waals surface area contributed by atoms with Crippen molar-refractivity contribution in [2.24, 2.45) is 0 Å². The number of carboxylic acid groups (broad SMARTS) is 1. The minimum absolute atomic E-state index is 0.00717. The molecule has 31 heavy (non-hydrogen) atoms. The fourth-order valence-corrected chi connectivity index (χ4v) is 3.09. The minimum atomic E-state index is -1.20. The highest BCUT2D eigenvalue weighted by atomic mass is 32.1. The number of amides is 2. The van der Waals surface area contributed by atoms with E-state index in [-0.39, 0.29) is 22.9 Å². The van der Waals surface area contributed by atoms with Crippen molar-refractivity contribution in [1.29, 1.82) is 0 Å². The number of thiophene rings is 1. The summed E-state index contributed by atoms with van der Waals surface area (Å²) in [5.74, 6) is -2.47. The smallest absolute Gasteiger partial charge is 0.408 e. The lowest BCUT2D eigenvalue weighted by atomic mass is 10.2. The Morgan fingerprint density at radius 1 is 1.03 bits per heavy atom. The second kappa shape index (κ2) is 10.6. The number of carbonyl (C=O) groups is 4. The molecule has 1 unspecified atom stereocenters. The molecule has 0 saturated carbocycles. The molecule has 1 atom stereocenters. The third-order valence-corrected chi connectivity index (χ3v) is 4.78. The van der Waals surface area contributed by atoms with Crippen molar-refractivity contribution < 1.29 is 33.8 Å². The summed E-state index contributed by atoms with van der Waals surface area (Å²) in [6.45, 7) is 4.76. The van der Waals surface area contributed by atoms with Gasteiger partial charge in [-0.05, 0) is 38.5 Å². The average Bonchev–Trinajstić information content (AvgIpc) is 3.19. The summed E-state index contributed by atoms with van der Waals surface area (Å²) in [4.78, 5) is 48.1. The Bertz CT molecular complexity index is 935. The highest BCUT2D eigenvalue weighted by Gasteiger charge is 2.28. The van der Waals surface area contributed by atoms with E-state index in [1.165, 1.54) is 12.1 Å². The van der Waals surface area contributed by atoms with Crippen LogP contribution in [0.15, 0.2) is 42.5 Å². The first-order valence-corrected chi connectivity index (χ1v) is 10.2. The predicted octanol–water partition coefficient (Wildman–Crippen LogP) is 2.81. The number of hydrogen-bond acceptors (Lipinski definition) is 7. The largest absolute Gasteiger partial charge is 0.477 e. The Morgan fingerprint density at radius 3 is 2.26 bits per heavy atom. The first kappa shape index (κ1) is 23.9. The van der Waals surface area contributed by atoms with Gasteiger partial charge in [0.15, 0.2) is 0 Å². The Balaban J connectivity index is 1.99. The maximum atomic E-state index is 12.5. The number of carboxylic acids is 1. The number of benzene rings is 1. The Hall–Kier alpha value is -3.40. The molecule has 1 heterocycles. The van der Waals surface area contributed by atoms with Crippen LogP contribution in [0.25, 0.3) is 0 Å². The van der Waals surface area contributed by atoms with E-state index in [2.05, 4.69) is 10.6 Å². The molecule has 0 radical (unpaired) electrons. The highest BCUT2D eigenvalue weighted by Crippen LogP contribution is 2.16. The molecule has 0 fully saturated rings. The number of esters is 1. The Labute approximate surface area is 183 Å². The first-order valence-electron chi connectivity index (χ1n) is 9.36. The number of hydrogen-bond donors (Lipinski definition) is 3. The van der Waals surface area contributed by atoms with Crippen LogP contribution in [0.3, 0.4) is 0 Å². The van der Waals surface area contributed by atoms with Crippen molar-refractivity contribution in [3.8, 4) is 0 Å². The molecule has 9 nitrogen and oxygen atoms in total. The molecular weight excluding hydrogens is 424 g/mol. The van der Waals surface area contributed by atoms with Gasteiger partial charge in [0.1, 0.15) is 23.1 Å². The summed E-state index contributed by atoms with van der Waals surface area (Å²) in [6.07, 6.45) is -0.849. The molecule has 2 amide bonds. The lowest BCUT2D eigenvalue weighted by Gasteiger charge is -2.24. The van der Waals surface area contributed by atoms with Crippen molar-refractivity contribution >= 4 is 35.3 Å². The fraction of sp³-hybridized carbons (Fsp3) is 0.333. The van der Waals surface area contributed by atoms with Crippen LogP contribution in [-0.4, -0.2) is 47.2 Å². The monoisotopic (exact) mass is 448 g/mol. The summed E-state index contributed by atoms with van der Waals surface area (Å²) < 4.78 is 10.4. The van der Waals surface area contributed by atoms with Crippen molar-refractivity contribution in [3.63, 3.8) is 0 Å². The fourth-order valence-electron chi connectivity index (χ4n) is 2.33. The molecule has 2 rings (SSSR count). The minimum Gasteiger partial charge on any atom is -0.477 e. The van der Waals surface area contributed by atoms with Gasteiger partial charge in [-0.1, -0.05) is 30.3 Å². The molecule has 0 saturated heterocycles. The second-order valence-electron chi connectivity index (χ2n) is 7.47. The van der Waals surface area contributed by atoms with E-state index in [0.717, 1.165) is 16.9 Å². The molecular formula is C21H24N2O7S. The zero-order chi connectivity index (χ0) is 23.0. The summed E-state index contributed by atoms with van der Waals surface area (Å²) >= 11 is 0.799. The first-order chi connectivity index (χ1) is 14.5. The van der Waals surface area contributed by atoms with Crippen LogP contribution in [0.1, 0.15) is 45.7 Å². The summed E-state index contributed by atoms with van der Waals surface area (Å²) in [6, 6.07) is 10.5. The maximum absolute atomic E-state index is 12.5. The van der Waals surface area contributed by atoms with Crippen LogP contribution in [-0.2, 0) is 20.9 Å². The van der Waals surface area contributed by atoms with Crippen LogP contribution < -0.4 is 10.6 Å². The van der Waals surface area contributed by atoms with E-state index in [4.69, 9.17) is 14.6 Å². The summed E-state index contributed by atoms with van der Waals surface area (Å²) in [5.41, 5.74) is -0.0363. The third kappa shape index (κ3) is 8.09. The van der Waals surface area contributed by atoms with Gasteiger partial charge in [0.2, 0.25) is 0 Å². The number of aromatic carboxylic acids is 1. The van der Waals surface area contributed by atoms with E-state index in [9.17, 15) is 19.2 Å². The zero-order valence-corrected chi connectivity index (χ0v) is 18.2. The molecule has 1 aromatic heterocycles. The molecule has 166 valence electrons. The molecule has 10 heteroatoms. The predicted molar refractivity (Wildman–Crippen MR) is 113 cm³/mol. The summed E-state index contributed by atoms with van der Waals surface area (Å²) in [5, 5.41) is 13.9. The van der Waals surface area contributed by atoms with Gasteiger partial charge in [-0.25, -0.2) is 14.4 Å². The van der Waals surface area contributed by atoms with Gasteiger partial charge in [-0.2, -0.15) is 0 Å². The Kier molecular flexibility index (Phi) is 8.14. The lowest BCUT2D eigenvalue weighted by Crippen LogP contribution is -2.50. The maximum Gasteiger partial charge on any atom is 0.408 e. The molecule has 0 spiro atoms. The van der Waals surface area contributed by atoms with E-state index < -0.39 is 35.6 Å². The third-order valence-electron chi connectivity index (χ3n) is 3.70. The van der Waals surface area contributed by atoms with Crippen LogP contribution in [0.2, 0.25) is 0 Å². The SMILES string of the molecule is CC(C)(C)OC(=O)C(CNC(=O)c1ccc(C(=O)O)s1)NC(=O)OCc1ccccc1. The molecule has 0 aliphatic rings. The normalized spacial score (nSPS) is 11.8. The van der Waals surface area contributed by atoms with Gasteiger partial charge in [0.25, 0.3) is 5.91 Å². The van der Waals surface area contributed by atoms with E-state index in [1.807, 2.05) is 6.07 Å². The number of nitrogens with one attached hydrogen (secondary N) is 2. The molecule has 0 aliphatic heterocycles. The molecule has 1 aromatic carbocycles. The average molecular weight is 448 g/mol. The van der Waals surface area contributed by atoms with E-state index in [1.54, 1.807) is 45.0 Å². The number of ether oxygens (including phenoxy) is 2. The van der Waals surface area contributed by atoms with E-state index in [0.29, 0.717) is 0 Å². The van der Waals surface area contributed by atoms with Crippen LogP contribution in [0.5, 0.6) is 0 Å². The molecule has 3 N–H and O–H groups in total. The lowest BCUT2D eigenvalue weighted by molar-refractivity contribution is -0.157. The topological polar surface area (TPSA) is 131 Å². The standard InChI is InChI=1S/C21H24N2O7S/c1-21(2,3)30-19(27)14(23-20(28)29-12-13-7-5-4-6-8-13)11-22-17(24)15-9-10-16(31-15)18(25)26/h4-10,14H,11-12H2,1-3H3,(H,22,24)(H,23,28)(H,25,26). The van der Waals surface area contributed by atoms with Crippen molar-refractivity contribution in [2.75, 3.05) is 6.54 Å². The summed E-state index contributed by atoms with van der Waals surface area (Å²) in [7, 11) is 0. The van der Waals surface area contributed by atoms with Gasteiger partial charge < -0.3 is 25.2 Å². The van der Waals surface area contributed by atoms with Gasteiger partial charge >= 0.3 is 18.0 Å². The van der Waals surface area contributed by atoms with Crippen LogP contribution in [0.4, 0.5) is 4.79 Å². The van der Waals surface area contributed by atoms with Crippen LogP contribution in [0, 0.1) is 0 Å². The van der Waals surface area contributed by atoms with Crippen LogP contribution >= 0.6 is 11.3 Å². The van der Waals surface area contributed by atoms with Gasteiger partial charge in [-0.15, -0.1) is 11.3 Å². The number of rotatable bonds is 8. The zero-order valence-electron chi connectivity index (χ0n) is 17.3. The van der Waals surface area contributed by atoms with Gasteiger partial charge in [-0.3, -0.25) is 4.79 Å². The van der Waals surface area contributed by atoms with Gasteiger partial charge in [0.05, 0.1) is 4.88 Å². The van der Waals surface area contributed by atoms with Crippen molar-refractivity contribution in [3.05, 3.63) is 57.8 Å². The second-order valence-corrected chi connectivity index (χ2v) is 8.55. The molecule has 2 aromatic rings.